The van der Waals surface area contributed by atoms with Crippen LogP contribution in [0.5, 0.6) is 5.75 Å². The second-order valence-electron chi connectivity index (χ2n) is 3.73. The van der Waals surface area contributed by atoms with Crippen LogP contribution in [-0.4, -0.2) is 6.10 Å². The van der Waals surface area contributed by atoms with Crippen LogP contribution in [0, 0.1) is 0 Å². The molecule has 2 atom stereocenters. The Hall–Kier alpha value is -1.24. The van der Waals surface area contributed by atoms with Crippen molar-refractivity contribution in [3.63, 3.8) is 0 Å². The van der Waals surface area contributed by atoms with E-state index in [1.807, 2.05) is 6.07 Å². The number of hydrogen-bond acceptors (Lipinski definition) is 1. The monoisotopic (exact) mass is 172 g/mol. The van der Waals surface area contributed by atoms with E-state index >= 15 is 0 Å². The lowest BCUT2D eigenvalue weighted by Crippen LogP contribution is -2.18. The maximum Gasteiger partial charge on any atom is 0.124 e. The summed E-state index contributed by atoms with van der Waals surface area (Å²) in [5.74, 6) is 1.70. The average Bonchev–Trinajstić information content (AvgIpc) is 2.56. The summed E-state index contributed by atoms with van der Waals surface area (Å²) >= 11 is 0. The highest BCUT2D eigenvalue weighted by Crippen LogP contribution is 2.42. The summed E-state index contributed by atoms with van der Waals surface area (Å²) < 4.78 is 5.82. The lowest BCUT2D eigenvalue weighted by molar-refractivity contribution is 0.244. The van der Waals surface area contributed by atoms with Gasteiger partial charge >= 0.3 is 0 Å². The van der Waals surface area contributed by atoms with Gasteiger partial charge in [-0.2, -0.15) is 0 Å². The van der Waals surface area contributed by atoms with Crippen molar-refractivity contribution in [2.24, 2.45) is 0 Å². The fourth-order valence-corrected chi connectivity index (χ4v) is 2.30. The van der Waals surface area contributed by atoms with E-state index in [0.29, 0.717) is 12.0 Å². The smallest absolute Gasteiger partial charge is 0.124 e. The van der Waals surface area contributed by atoms with Crippen molar-refractivity contribution in [1.29, 1.82) is 0 Å². The van der Waals surface area contributed by atoms with Crippen molar-refractivity contribution in [1.82, 2.24) is 0 Å². The molecule has 1 aromatic rings. The molecule has 0 amide bonds. The zero-order valence-electron chi connectivity index (χ0n) is 7.44. The fourth-order valence-electron chi connectivity index (χ4n) is 2.30. The molecule has 0 saturated carbocycles. The molecule has 0 unspecified atom stereocenters. The molecule has 66 valence electrons. The number of ether oxygens (including phenoxy) is 1. The molecule has 1 nitrogen and oxygen atoms in total. The largest absolute Gasteiger partial charge is 0.485 e. The number of hydrogen-bond donors (Lipinski definition) is 0. The lowest BCUT2D eigenvalue weighted by Gasteiger charge is -2.18. The summed E-state index contributed by atoms with van der Waals surface area (Å²) in [6.07, 6.45) is 7.17. The predicted molar refractivity (Wildman–Crippen MR) is 52.0 cm³/mol. The van der Waals surface area contributed by atoms with Gasteiger partial charge in [-0.1, -0.05) is 24.3 Å². The Morgan fingerprint density at radius 1 is 1.23 bits per heavy atom. The standard InChI is InChI=1S/C12H12O/c1-3-7-11-9(5-1)10-6-2-4-8-12(10)13-11/h1,3-5,7-8,10,12H,2,6H2/t10-,12-/m1/s1. The first kappa shape index (κ1) is 7.19. The molecule has 3 rings (SSSR count). The molecule has 1 heteroatoms. The van der Waals surface area contributed by atoms with E-state index in [9.17, 15) is 0 Å². The Morgan fingerprint density at radius 2 is 2.15 bits per heavy atom. The first-order valence-corrected chi connectivity index (χ1v) is 4.87. The summed E-state index contributed by atoms with van der Waals surface area (Å²) in [5, 5.41) is 0. The van der Waals surface area contributed by atoms with E-state index in [-0.39, 0.29) is 0 Å². The molecule has 1 aliphatic heterocycles. The zero-order chi connectivity index (χ0) is 8.67. The van der Waals surface area contributed by atoms with Crippen molar-refractivity contribution in [2.75, 3.05) is 0 Å². The van der Waals surface area contributed by atoms with Crippen molar-refractivity contribution in [2.45, 2.75) is 24.9 Å². The van der Waals surface area contributed by atoms with Gasteiger partial charge in [0.1, 0.15) is 11.9 Å². The average molecular weight is 172 g/mol. The van der Waals surface area contributed by atoms with E-state index in [1.165, 1.54) is 18.4 Å². The highest BCUT2D eigenvalue weighted by atomic mass is 16.5. The molecule has 0 spiro atoms. The van der Waals surface area contributed by atoms with Gasteiger partial charge in [0.2, 0.25) is 0 Å². The predicted octanol–water partition coefficient (Wildman–Crippen LogP) is 2.88. The second kappa shape index (κ2) is 2.63. The highest BCUT2D eigenvalue weighted by molar-refractivity contribution is 5.42. The minimum atomic E-state index is 0.311. The molecular weight excluding hydrogens is 160 g/mol. The van der Waals surface area contributed by atoms with E-state index in [0.717, 1.165) is 5.75 Å². The highest BCUT2D eigenvalue weighted by Gasteiger charge is 2.33. The van der Waals surface area contributed by atoms with Crippen LogP contribution in [0.2, 0.25) is 0 Å². The van der Waals surface area contributed by atoms with Crippen molar-refractivity contribution >= 4 is 0 Å². The van der Waals surface area contributed by atoms with Gasteiger partial charge in [0, 0.05) is 11.5 Å². The van der Waals surface area contributed by atoms with Crippen molar-refractivity contribution in [3.8, 4) is 5.75 Å². The van der Waals surface area contributed by atoms with Gasteiger partial charge in [-0.25, -0.2) is 0 Å². The maximum atomic E-state index is 5.82. The number of rotatable bonds is 0. The lowest BCUT2D eigenvalue weighted by atomic mass is 9.87. The normalized spacial score (nSPS) is 29.2. The summed E-state index contributed by atoms with van der Waals surface area (Å²) in [7, 11) is 0. The topological polar surface area (TPSA) is 9.23 Å². The molecule has 0 radical (unpaired) electrons. The third-order valence-corrected chi connectivity index (χ3v) is 2.95. The molecule has 1 aliphatic carbocycles. The van der Waals surface area contributed by atoms with Crippen LogP contribution in [0.4, 0.5) is 0 Å². The Morgan fingerprint density at radius 3 is 3.15 bits per heavy atom. The first-order valence-electron chi connectivity index (χ1n) is 4.87. The minimum Gasteiger partial charge on any atom is -0.485 e. The maximum absolute atomic E-state index is 5.82. The van der Waals surface area contributed by atoms with Crippen LogP contribution in [0.15, 0.2) is 36.4 Å². The summed E-state index contributed by atoms with van der Waals surface area (Å²) in [6.45, 7) is 0. The number of para-hydroxylation sites is 1. The third kappa shape index (κ3) is 0.998. The van der Waals surface area contributed by atoms with E-state index < -0.39 is 0 Å². The van der Waals surface area contributed by atoms with E-state index in [4.69, 9.17) is 4.74 Å². The van der Waals surface area contributed by atoms with Gasteiger partial charge in [-0.3, -0.25) is 0 Å². The van der Waals surface area contributed by atoms with Gasteiger partial charge in [-0.05, 0) is 25.0 Å². The number of benzene rings is 1. The minimum absolute atomic E-state index is 0.311. The Kier molecular flexibility index (Phi) is 1.45. The summed E-state index contributed by atoms with van der Waals surface area (Å²) in [6, 6.07) is 8.41. The quantitative estimate of drug-likeness (QED) is 0.547. The van der Waals surface area contributed by atoms with Crippen LogP contribution in [-0.2, 0) is 0 Å². The Balaban J connectivity index is 2.07. The fraction of sp³-hybridized carbons (Fsp3) is 0.333. The molecule has 1 aromatic carbocycles. The Labute approximate surface area is 78.0 Å². The number of fused-ring (bicyclic) bond motifs is 3. The van der Waals surface area contributed by atoms with Crippen LogP contribution >= 0.6 is 0 Å². The summed E-state index contributed by atoms with van der Waals surface area (Å²) in [5.41, 5.74) is 1.40. The molecule has 0 aromatic heterocycles. The molecule has 0 N–H and O–H groups in total. The molecule has 2 aliphatic rings. The molecule has 1 heterocycles. The number of allylic oxidation sites excluding steroid dienone is 1. The van der Waals surface area contributed by atoms with Crippen LogP contribution in [0.3, 0.4) is 0 Å². The van der Waals surface area contributed by atoms with Gasteiger partial charge in [0.05, 0.1) is 0 Å². The van der Waals surface area contributed by atoms with Gasteiger partial charge < -0.3 is 4.74 Å². The second-order valence-corrected chi connectivity index (χ2v) is 3.73. The molecule has 13 heavy (non-hydrogen) atoms. The molecule has 0 bridgehead atoms. The SMILES string of the molecule is C1=C[C@H]2Oc3ccccc3[C@H]2CC1. The molecular formula is C12H12O. The van der Waals surface area contributed by atoms with Gasteiger partial charge in [-0.15, -0.1) is 0 Å². The van der Waals surface area contributed by atoms with Crippen LogP contribution in [0.25, 0.3) is 0 Å². The molecule has 0 saturated heterocycles. The van der Waals surface area contributed by atoms with Gasteiger partial charge in [0.15, 0.2) is 0 Å². The van der Waals surface area contributed by atoms with E-state index in [2.05, 4.69) is 30.4 Å². The first-order chi connectivity index (χ1) is 6.45. The van der Waals surface area contributed by atoms with Gasteiger partial charge in [0.25, 0.3) is 0 Å². The van der Waals surface area contributed by atoms with E-state index in [1.54, 1.807) is 0 Å². The third-order valence-electron chi connectivity index (χ3n) is 2.95. The summed E-state index contributed by atoms with van der Waals surface area (Å²) in [4.78, 5) is 0. The van der Waals surface area contributed by atoms with Crippen LogP contribution in [0.1, 0.15) is 24.3 Å². The zero-order valence-corrected chi connectivity index (χ0v) is 7.44. The molecule has 0 fully saturated rings. The van der Waals surface area contributed by atoms with Crippen LogP contribution < -0.4 is 4.74 Å². The Bertz CT molecular complexity index is 354. The van der Waals surface area contributed by atoms with Crippen molar-refractivity contribution < 1.29 is 4.74 Å². The van der Waals surface area contributed by atoms with Crippen molar-refractivity contribution in [3.05, 3.63) is 42.0 Å².